The summed E-state index contributed by atoms with van der Waals surface area (Å²) in [5, 5.41) is 36.5. The highest BCUT2D eigenvalue weighted by atomic mass is 16.5. The van der Waals surface area contributed by atoms with E-state index in [4.69, 9.17) is 16.7 Å². The number of aromatic hydroxyl groups is 2. The lowest BCUT2D eigenvalue weighted by molar-refractivity contribution is -0.137. The monoisotopic (exact) mass is 642 g/mol. The molecule has 2 aromatic carbocycles. The fraction of sp³-hybridized carbons (Fsp3) is 0.469. The third-order valence-electron chi connectivity index (χ3n) is 7.31. The molecule has 0 aromatic heterocycles. The van der Waals surface area contributed by atoms with Gasteiger partial charge in [0.05, 0.1) is 0 Å². The lowest BCUT2D eigenvalue weighted by atomic mass is 9.92. The summed E-state index contributed by atoms with van der Waals surface area (Å²) in [6, 6.07) is 8.55. The number of nitrogens with one attached hydrogen (secondary N) is 4. The summed E-state index contributed by atoms with van der Waals surface area (Å²) in [7, 11) is 0. The summed E-state index contributed by atoms with van der Waals surface area (Å²) in [6.07, 6.45) is 1.30. The number of carbonyl (C=O) groups is 5. The molecule has 0 heterocycles. The Morgan fingerprint density at radius 3 is 1.59 bits per heavy atom. The van der Waals surface area contributed by atoms with Gasteiger partial charge in [-0.1, -0.05) is 38.1 Å². The Morgan fingerprint density at radius 1 is 0.717 bits per heavy atom. The van der Waals surface area contributed by atoms with Gasteiger partial charge in [-0.25, -0.2) is 5.48 Å². The summed E-state index contributed by atoms with van der Waals surface area (Å²) in [6.45, 7) is 4.12. The predicted molar refractivity (Wildman–Crippen MR) is 169 cm³/mol. The van der Waals surface area contributed by atoms with Crippen molar-refractivity contribution in [3.05, 3.63) is 59.7 Å². The molecule has 5 amide bonds. The zero-order valence-electron chi connectivity index (χ0n) is 26.2. The first-order valence-electron chi connectivity index (χ1n) is 15.2. The fourth-order valence-corrected chi connectivity index (χ4v) is 4.89. The zero-order valence-corrected chi connectivity index (χ0v) is 26.2. The van der Waals surface area contributed by atoms with Gasteiger partial charge in [0, 0.05) is 25.2 Å². The number of unbranched alkanes of at least 4 members (excludes halogenated alkanes) is 1. The van der Waals surface area contributed by atoms with E-state index in [1.54, 1.807) is 24.3 Å². The van der Waals surface area contributed by atoms with Crippen molar-refractivity contribution in [2.45, 2.75) is 76.9 Å². The number of amides is 5. The number of nitrogens with two attached hydrogens (primary N) is 2. The first kappa shape index (κ1) is 37.5. The Labute approximate surface area is 268 Å². The number of phenols is 2. The number of hydroxylamine groups is 1. The number of benzene rings is 2. The second-order valence-corrected chi connectivity index (χ2v) is 11.7. The predicted octanol–water partition coefficient (Wildman–Crippen LogP) is 0.510. The molecule has 46 heavy (non-hydrogen) atoms. The van der Waals surface area contributed by atoms with Gasteiger partial charge in [0.2, 0.25) is 29.5 Å². The van der Waals surface area contributed by atoms with Crippen LogP contribution in [0.25, 0.3) is 0 Å². The third kappa shape index (κ3) is 13.1. The number of phenolic OH excluding ortho intramolecular Hbond substituents is 2. The highest BCUT2D eigenvalue weighted by molar-refractivity contribution is 5.95. The smallest absolute Gasteiger partial charge is 0.244 e. The number of hydrogen-bond donors (Lipinski definition) is 9. The van der Waals surface area contributed by atoms with Crippen LogP contribution in [0.15, 0.2) is 48.5 Å². The molecule has 11 N–H and O–H groups in total. The van der Waals surface area contributed by atoms with Crippen LogP contribution in [0.3, 0.4) is 0 Å². The molecule has 2 rings (SSSR count). The first-order valence-corrected chi connectivity index (χ1v) is 15.2. The molecule has 0 aliphatic rings. The highest BCUT2D eigenvalue weighted by Gasteiger charge is 2.32. The molecule has 2 aromatic rings. The quantitative estimate of drug-likeness (QED) is 0.0588. The standard InChI is InChI=1S/C32H46N6O8/c1-19(2)15-22(18-28(41)38-46)30(43)36-26(16-20-6-10-23(39)11-7-20)32(45)37-27(17-21-8-12-24(40)13-9-21)31(44)35-25(29(34)42)5-3-4-14-33/h6-13,19,22,25-27,39-40,46H,3-5,14-18,33H2,1-2H3,(H2,34,42)(H,35,44)(H,36,43)(H,37,45)(H,38,41)/t22-,25+,26+,27+/m1/s1. The second kappa shape index (κ2) is 19.0. The van der Waals surface area contributed by atoms with Crippen molar-refractivity contribution >= 4 is 29.5 Å². The molecule has 0 aliphatic carbocycles. The molecule has 0 aliphatic heterocycles. The van der Waals surface area contributed by atoms with E-state index in [9.17, 15) is 34.2 Å². The van der Waals surface area contributed by atoms with Gasteiger partial charge in [0.15, 0.2) is 0 Å². The van der Waals surface area contributed by atoms with Crippen molar-refractivity contribution in [2.75, 3.05) is 6.54 Å². The van der Waals surface area contributed by atoms with Crippen LogP contribution >= 0.6 is 0 Å². The third-order valence-corrected chi connectivity index (χ3v) is 7.31. The van der Waals surface area contributed by atoms with E-state index in [0.29, 0.717) is 30.5 Å². The van der Waals surface area contributed by atoms with E-state index in [1.165, 1.54) is 29.7 Å². The molecule has 0 unspecified atom stereocenters. The Bertz CT molecular complexity index is 1300. The minimum Gasteiger partial charge on any atom is -0.508 e. The molecule has 252 valence electrons. The van der Waals surface area contributed by atoms with Gasteiger partial charge in [-0.2, -0.15) is 0 Å². The van der Waals surface area contributed by atoms with Crippen molar-refractivity contribution in [1.82, 2.24) is 21.4 Å². The van der Waals surface area contributed by atoms with Crippen molar-refractivity contribution in [3.63, 3.8) is 0 Å². The Hall–Kier alpha value is -4.69. The molecule has 14 nitrogen and oxygen atoms in total. The first-order chi connectivity index (χ1) is 21.8. The summed E-state index contributed by atoms with van der Waals surface area (Å²) in [4.78, 5) is 64.9. The van der Waals surface area contributed by atoms with Gasteiger partial charge in [-0.05, 0) is 73.5 Å². The maximum absolute atomic E-state index is 13.8. The highest BCUT2D eigenvalue weighted by Crippen LogP contribution is 2.18. The molecule has 0 saturated carbocycles. The van der Waals surface area contributed by atoms with Crippen molar-refractivity contribution in [3.8, 4) is 11.5 Å². The Kier molecular flexibility index (Phi) is 15.5. The lowest BCUT2D eigenvalue weighted by Crippen LogP contribution is -2.57. The van der Waals surface area contributed by atoms with Crippen LogP contribution in [-0.2, 0) is 36.8 Å². The fourth-order valence-electron chi connectivity index (χ4n) is 4.89. The van der Waals surface area contributed by atoms with E-state index in [-0.39, 0.29) is 49.5 Å². The second-order valence-electron chi connectivity index (χ2n) is 11.7. The maximum Gasteiger partial charge on any atom is 0.244 e. The van der Waals surface area contributed by atoms with Gasteiger partial charge >= 0.3 is 0 Å². The number of hydrogen-bond acceptors (Lipinski definition) is 9. The van der Waals surface area contributed by atoms with E-state index in [1.807, 2.05) is 13.8 Å². The van der Waals surface area contributed by atoms with Crippen LogP contribution < -0.4 is 32.9 Å². The number of rotatable bonds is 19. The van der Waals surface area contributed by atoms with Gasteiger partial charge < -0.3 is 37.6 Å². The van der Waals surface area contributed by atoms with Gasteiger partial charge in [-0.15, -0.1) is 0 Å². The molecule has 0 saturated heterocycles. The number of primary amides is 1. The van der Waals surface area contributed by atoms with Gasteiger partial charge in [-0.3, -0.25) is 29.2 Å². The van der Waals surface area contributed by atoms with Crippen LogP contribution in [0, 0.1) is 11.8 Å². The number of carbonyl (C=O) groups excluding carboxylic acids is 5. The molecular weight excluding hydrogens is 596 g/mol. The molecule has 4 atom stereocenters. The van der Waals surface area contributed by atoms with Crippen molar-refractivity contribution in [1.29, 1.82) is 0 Å². The average molecular weight is 643 g/mol. The summed E-state index contributed by atoms with van der Waals surface area (Å²) < 4.78 is 0. The van der Waals surface area contributed by atoms with Crippen LogP contribution in [0.1, 0.15) is 57.1 Å². The normalized spacial score (nSPS) is 13.6. The molecular formula is C32H46N6O8. The minimum absolute atomic E-state index is 0.00176. The average Bonchev–Trinajstić information content (AvgIpc) is 3.01. The van der Waals surface area contributed by atoms with Crippen LogP contribution in [-0.4, -0.2) is 69.6 Å². The zero-order chi connectivity index (χ0) is 34.2. The van der Waals surface area contributed by atoms with Crippen LogP contribution in [0.2, 0.25) is 0 Å². The molecule has 0 spiro atoms. The van der Waals surface area contributed by atoms with E-state index >= 15 is 0 Å². The molecule has 0 bridgehead atoms. The topological polar surface area (TPSA) is 246 Å². The van der Waals surface area contributed by atoms with E-state index < -0.39 is 53.6 Å². The largest absolute Gasteiger partial charge is 0.508 e. The van der Waals surface area contributed by atoms with E-state index in [0.717, 1.165) is 0 Å². The van der Waals surface area contributed by atoms with E-state index in [2.05, 4.69) is 16.0 Å². The van der Waals surface area contributed by atoms with Gasteiger partial charge in [0.1, 0.15) is 29.6 Å². The summed E-state index contributed by atoms with van der Waals surface area (Å²) >= 11 is 0. The molecule has 0 fully saturated rings. The summed E-state index contributed by atoms with van der Waals surface area (Å²) in [5.74, 6) is -4.39. The van der Waals surface area contributed by atoms with Crippen molar-refractivity contribution in [2.24, 2.45) is 23.3 Å². The van der Waals surface area contributed by atoms with Gasteiger partial charge in [0.25, 0.3) is 0 Å². The minimum atomic E-state index is -1.23. The molecule has 14 heteroatoms. The summed E-state index contributed by atoms with van der Waals surface area (Å²) in [5.41, 5.74) is 13.8. The van der Waals surface area contributed by atoms with Crippen LogP contribution in [0.4, 0.5) is 0 Å². The Morgan fingerprint density at radius 2 is 1.17 bits per heavy atom. The lowest BCUT2D eigenvalue weighted by Gasteiger charge is -2.26. The maximum atomic E-state index is 13.8. The SMILES string of the molecule is CC(C)C[C@H](CC(=O)NO)C(=O)N[C@@H](Cc1ccc(O)cc1)C(=O)N[C@@H](Cc1ccc(O)cc1)C(=O)N[C@@H](CCCCN)C(N)=O. The van der Waals surface area contributed by atoms with Crippen molar-refractivity contribution < 1.29 is 39.4 Å². The molecule has 0 radical (unpaired) electrons. The Balaban J connectivity index is 2.39. The van der Waals surface area contributed by atoms with Crippen LogP contribution in [0.5, 0.6) is 11.5 Å².